The van der Waals surface area contributed by atoms with Crippen LogP contribution >= 0.6 is 35.3 Å². The molecule has 5 heteroatoms. The lowest BCUT2D eigenvalue weighted by Crippen LogP contribution is -2.41. The Balaban J connectivity index is 1.79. The average Bonchev–Trinajstić information content (AvgIpc) is 2.38. The Kier molecular flexibility index (Phi) is 5.90. The van der Waals surface area contributed by atoms with Gasteiger partial charge in [0.15, 0.2) is 5.17 Å². The van der Waals surface area contributed by atoms with Crippen molar-refractivity contribution in [3.05, 3.63) is 0 Å². The Morgan fingerprint density at radius 3 is 2.94 bits per heavy atom. The molecule has 2 saturated heterocycles. The van der Waals surface area contributed by atoms with Gasteiger partial charge in [-0.3, -0.25) is 4.99 Å². The zero-order valence-corrected chi connectivity index (χ0v) is 13.1. The summed E-state index contributed by atoms with van der Waals surface area (Å²) in [5.74, 6) is 5.83. The van der Waals surface area contributed by atoms with Crippen LogP contribution in [-0.2, 0) is 0 Å². The van der Waals surface area contributed by atoms with Gasteiger partial charge in [-0.05, 0) is 12.3 Å². The second kappa shape index (κ2) is 7.19. The molecule has 0 aliphatic carbocycles. The molecule has 2 rings (SSSR count). The van der Waals surface area contributed by atoms with Crippen LogP contribution in [0.4, 0.5) is 0 Å². The van der Waals surface area contributed by atoms with Crippen LogP contribution in [-0.4, -0.2) is 46.0 Å². The average molecular weight is 291 g/mol. The molecule has 0 spiro atoms. The molecule has 2 nitrogen and oxygen atoms in total. The van der Waals surface area contributed by atoms with Crippen LogP contribution in [0.2, 0.25) is 0 Å². The lowest BCUT2D eigenvalue weighted by molar-refractivity contribution is 0.442. The number of amidine groups is 1. The number of rotatable bonds is 3. The van der Waals surface area contributed by atoms with Crippen LogP contribution in [0.25, 0.3) is 0 Å². The minimum atomic E-state index is 0.628. The Hall–Kier alpha value is 0.520. The summed E-state index contributed by atoms with van der Waals surface area (Å²) in [7, 11) is 0. The van der Waals surface area contributed by atoms with E-state index in [1.54, 1.807) is 0 Å². The predicted octanol–water partition coefficient (Wildman–Crippen LogP) is 2.94. The SMILES string of the molecule is CC(C)C1CCSC(=NCC2CSCCS2)N1. The van der Waals surface area contributed by atoms with Crippen LogP contribution in [0.1, 0.15) is 20.3 Å². The van der Waals surface area contributed by atoms with Gasteiger partial charge in [-0.15, -0.1) is 0 Å². The highest BCUT2D eigenvalue weighted by Gasteiger charge is 2.21. The maximum atomic E-state index is 4.77. The zero-order chi connectivity index (χ0) is 12.1. The predicted molar refractivity (Wildman–Crippen MR) is 84.7 cm³/mol. The van der Waals surface area contributed by atoms with Crippen LogP contribution < -0.4 is 5.32 Å². The first-order valence-electron chi connectivity index (χ1n) is 6.39. The van der Waals surface area contributed by atoms with Gasteiger partial charge in [0.1, 0.15) is 0 Å². The van der Waals surface area contributed by atoms with Crippen molar-refractivity contribution in [1.82, 2.24) is 5.32 Å². The van der Waals surface area contributed by atoms with Gasteiger partial charge in [-0.2, -0.15) is 23.5 Å². The molecule has 0 radical (unpaired) electrons. The fourth-order valence-electron chi connectivity index (χ4n) is 1.97. The van der Waals surface area contributed by atoms with Crippen molar-refractivity contribution in [1.29, 1.82) is 0 Å². The molecule has 98 valence electrons. The normalized spacial score (nSPS) is 32.8. The van der Waals surface area contributed by atoms with Gasteiger partial charge in [0.2, 0.25) is 0 Å². The van der Waals surface area contributed by atoms with Crippen molar-refractivity contribution in [2.24, 2.45) is 10.9 Å². The van der Waals surface area contributed by atoms with Crippen LogP contribution in [0.5, 0.6) is 0 Å². The highest BCUT2D eigenvalue weighted by atomic mass is 32.2. The molecule has 2 heterocycles. The topological polar surface area (TPSA) is 24.4 Å². The maximum absolute atomic E-state index is 4.77. The summed E-state index contributed by atoms with van der Waals surface area (Å²) in [6, 6.07) is 0.628. The number of hydrogen-bond acceptors (Lipinski definition) is 4. The van der Waals surface area contributed by atoms with Crippen molar-refractivity contribution in [3.63, 3.8) is 0 Å². The summed E-state index contributed by atoms with van der Waals surface area (Å²) in [6.45, 7) is 5.58. The molecule has 0 amide bonds. The lowest BCUT2D eigenvalue weighted by Gasteiger charge is -2.28. The Labute approximate surface area is 118 Å². The molecule has 2 aliphatic heterocycles. The summed E-state index contributed by atoms with van der Waals surface area (Å²) >= 11 is 6.07. The smallest absolute Gasteiger partial charge is 0.156 e. The minimum absolute atomic E-state index is 0.628. The van der Waals surface area contributed by atoms with Crippen LogP contribution in [0.3, 0.4) is 0 Å². The molecular formula is C12H22N2S3. The zero-order valence-electron chi connectivity index (χ0n) is 10.6. The van der Waals surface area contributed by atoms with Gasteiger partial charge >= 0.3 is 0 Å². The Bertz CT molecular complexity index is 262. The fourth-order valence-corrected chi connectivity index (χ4v) is 5.52. The van der Waals surface area contributed by atoms with E-state index in [4.69, 9.17) is 4.99 Å². The molecule has 2 fully saturated rings. The molecular weight excluding hydrogens is 268 g/mol. The first kappa shape index (κ1) is 13.9. The third kappa shape index (κ3) is 4.60. The van der Waals surface area contributed by atoms with Gasteiger partial charge in [0.25, 0.3) is 0 Å². The largest absolute Gasteiger partial charge is 0.362 e. The van der Waals surface area contributed by atoms with Crippen molar-refractivity contribution in [3.8, 4) is 0 Å². The third-order valence-electron chi connectivity index (χ3n) is 3.10. The van der Waals surface area contributed by atoms with Gasteiger partial charge in [0, 0.05) is 34.3 Å². The highest BCUT2D eigenvalue weighted by Crippen LogP contribution is 2.25. The number of nitrogens with zero attached hydrogens (tertiary/aromatic N) is 1. The fraction of sp³-hybridized carbons (Fsp3) is 0.917. The first-order chi connectivity index (χ1) is 8.25. The lowest BCUT2D eigenvalue weighted by atomic mass is 10.0. The van der Waals surface area contributed by atoms with Gasteiger partial charge in [-0.1, -0.05) is 25.6 Å². The van der Waals surface area contributed by atoms with E-state index in [9.17, 15) is 0 Å². The summed E-state index contributed by atoms with van der Waals surface area (Å²) in [4.78, 5) is 4.77. The highest BCUT2D eigenvalue weighted by molar-refractivity contribution is 8.13. The van der Waals surface area contributed by atoms with Gasteiger partial charge in [-0.25, -0.2) is 0 Å². The monoisotopic (exact) mass is 290 g/mol. The van der Waals surface area contributed by atoms with E-state index < -0.39 is 0 Å². The van der Waals surface area contributed by atoms with E-state index in [0.29, 0.717) is 12.0 Å². The molecule has 1 N–H and O–H groups in total. The van der Waals surface area contributed by atoms with E-state index in [1.165, 1.54) is 34.6 Å². The van der Waals surface area contributed by atoms with Crippen LogP contribution in [0.15, 0.2) is 4.99 Å². The maximum Gasteiger partial charge on any atom is 0.156 e. The quantitative estimate of drug-likeness (QED) is 0.864. The summed E-state index contributed by atoms with van der Waals surface area (Å²) < 4.78 is 0. The molecule has 0 saturated carbocycles. The third-order valence-corrected chi connectivity index (χ3v) is 6.89. The molecule has 0 aromatic rings. The van der Waals surface area contributed by atoms with E-state index in [2.05, 4.69) is 42.7 Å². The molecule has 0 aromatic carbocycles. The Morgan fingerprint density at radius 1 is 1.35 bits per heavy atom. The second-order valence-electron chi connectivity index (χ2n) is 4.85. The van der Waals surface area contributed by atoms with Crippen molar-refractivity contribution in [2.45, 2.75) is 31.6 Å². The number of nitrogens with one attached hydrogen (secondary N) is 1. The number of hydrogen-bond donors (Lipinski definition) is 1. The summed E-state index contributed by atoms with van der Waals surface area (Å²) in [5.41, 5.74) is 0. The standard InChI is InChI=1S/C12H22N2S3/c1-9(2)11-3-4-17-12(14-11)13-7-10-8-15-5-6-16-10/h9-11H,3-8H2,1-2H3,(H,13,14). The minimum Gasteiger partial charge on any atom is -0.362 e. The van der Waals surface area contributed by atoms with Crippen molar-refractivity contribution in [2.75, 3.05) is 29.6 Å². The van der Waals surface area contributed by atoms with E-state index in [-0.39, 0.29) is 0 Å². The summed E-state index contributed by atoms with van der Waals surface area (Å²) in [5, 5.41) is 5.51. The molecule has 2 atom stereocenters. The molecule has 0 bridgehead atoms. The molecule has 17 heavy (non-hydrogen) atoms. The molecule has 0 aromatic heterocycles. The van der Waals surface area contributed by atoms with E-state index in [1.807, 2.05) is 11.8 Å². The first-order valence-corrected chi connectivity index (χ1v) is 9.57. The van der Waals surface area contributed by atoms with Gasteiger partial charge < -0.3 is 5.32 Å². The van der Waals surface area contributed by atoms with Crippen molar-refractivity contribution < 1.29 is 0 Å². The van der Waals surface area contributed by atoms with Gasteiger partial charge in [0.05, 0.1) is 6.54 Å². The molecule has 2 aliphatic rings. The Morgan fingerprint density at radius 2 is 2.24 bits per heavy atom. The second-order valence-corrected chi connectivity index (χ2v) is 8.49. The van der Waals surface area contributed by atoms with Crippen LogP contribution in [0, 0.1) is 5.92 Å². The number of thioether (sulfide) groups is 3. The van der Waals surface area contributed by atoms with Crippen molar-refractivity contribution >= 4 is 40.5 Å². The summed E-state index contributed by atoms with van der Waals surface area (Å²) in [6.07, 6.45) is 1.27. The number of aliphatic imine (C=N–C) groups is 1. The van der Waals surface area contributed by atoms with E-state index >= 15 is 0 Å². The molecule has 2 unspecified atom stereocenters. The van der Waals surface area contributed by atoms with E-state index in [0.717, 1.165) is 11.8 Å².